The van der Waals surface area contributed by atoms with Gasteiger partial charge in [-0.15, -0.1) is 0 Å². The van der Waals surface area contributed by atoms with Crippen LogP contribution in [0.2, 0.25) is 0 Å². The molecule has 0 unspecified atom stereocenters. The minimum Gasteiger partial charge on any atom is -0.396 e. The Bertz CT molecular complexity index is 604. The summed E-state index contributed by atoms with van der Waals surface area (Å²) >= 11 is 0. The maximum atomic E-state index is 8.80. The zero-order valence-electron chi connectivity index (χ0n) is 13.2. The number of hydrogen-bond donors (Lipinski definition) is 3. The molecule has 22 heavy (non-hydrogen) atoms. The Morgan fingerprint density at radius 2 is 2.09 bits per heavy atom. The molecule has 120 valence electrons. The van der Waals surface area contributed by atoms with Gasteiger partial charge in [-0.1, -0.05) is 6.07 Å². The summed E-state index contributed by atoms with van der Waals surface area (Å²) in [5.74, 6) is 0.953. The highest BCUT2D eigenvalue weighted by Crippen LogP contribution is 2.25. The Hall–Kier alpha value is -1.63. The number of nitrogens with one attached hydrogen (secondary N) is 2. The molecule has 1 aromatic carbocycles. The first-order chi connectivity index (χ1) is 10.8. The van der Waals surface area contributed by atoms with E-state index in [0.29, 0.717) is 6.54 Å². The highest BCUT2D eigenvalue weighted by molar-refractivity contribution is 5.89. The normalized spacial score (nSPS) is 16.5. The lowest BCUT2D eigenvalue weighted by Crippen LogP contribution is -2.44. The van der Waals surface area contributed by atoms with Gasteiger partial charge in [-0.25, -0.2) is 4.98 Å². The fraction of sp³-hybridized carbons (Fsp3) is 0.562. The third-order valence-corrected chi connectivity index (χ3v) is 4.19. The van der Waals surface area contributed by atoms with Crippen LogP contribution in [0.4, 0.5) is 5.69 Å². The van der Waals surface area contributed by atoms with Gasteiger partial charge in [-0.05, 0) is 32.1 Å². The highest BCUT2D eigenvalue weighted by atomic mass is 16.3. The van der Waals surface area contributed by atoms with Crippen LogP contribution in [0, 0.1) is 0 Å². The van der Waals surface area contributed by atoms with Gasteiger partial charge < -0.3 is 25.2 Å². The number of aliphatic hydroxyl groups is 1. The molecule has 0 bridgehead atoms. The molecule has 2 heterocycles. The number of likely N-dealkylation sites (N-methyl/N-ethyl adjacent to an activating group) is 1. The van der Waals surface area contributed by atoms with Crippen LogP contribution < -0.4 is 10.2 Å². The molecule has 3 rings (SSSR count). The summed E-state index contributed by atoms with van der Waals surface area (Å²) in [5, 5.41) is 12.1. The maximum Gasteiger partial charge on any atom is 0.121 e. The Balaban J connectivity index is 1.75. The topological polar surface area (TPSA) is 67.4 Å². The number of hydrogen-bond acceptors (Lipinski definition) is 5. The van der Waals surface area contributed by atoms with Gasteiger partial charge in [0.15, 0.2) is 0 Å². The number of benzene rings is 1. The predicted octanol–water partition coefficient (Wildman–Crippen LogP) is 0.787. The van der Waals surface area contributed by atoms with Crippen molar-refractivity contribution in [3.63, 3.8) is 0 Å². The number of para-hydroxylation sites is 1. The standard InChI is InChI=1S/C16H25N5O/c1-20-7-9-21(10-8-20)14-5-2-4-13-16(14)19-15(18-13)12-17-6-3-11-22/h2,4-5,17,22H,3,6-12H2,1H3,(H,18,19). The van der Waals surface area contributed by atoms with E-state index in [2.05, 4.69) is 45.3 Å². The second kappa shape index (κ2) is 7.09. The van der Waals surface area contributed by atoms with Gasteiger partial charge in [0.1, 0.15) is 11.3 Å². The minimum absolute atomic E-state index is 0.223. The van der Waals surface area contributed by atoms with Crippen molar-refractivity contribution >= 4 is 16.7 Å². The molecule has 2 aromatic rings. The van der Waals surface area contributed by atoms with Gasteiger partial charge in [-0.2, -0.15) is 0 Å². The molecule has 0 radical (unpaired) electrons. The third kappa shape index (κ3) is 3.40. The largest absolute Gasteiger partial charge is 0.396 e. The molecule has 0 aliphatic carbocycles. The monoisotopic (exact) mass is 303 g/mol. The van der Waals surface area contributed by atoms with Gasteiger partial charge in [0, 0.05) is 32.8 Å². The molecule has 0 saturated carbocycles. The summed E-state index contributed by atoms with van der Waals surface area (Å²) in [6, 6.07) is 6.34. The summed E-state index contributed by atoms with van der Waals surface area (Å²) in [6.07, 6.45) is 0.771. The van der Waals surface area contributed by atoms with Gasteiger partial charge in [0.25, 0.3) is 0 Å². The Morgan fingerprint density at radius 3 is 2.86 bits per heavy atom. The first kappa shape index (κ1) is 15.3. The van der Waals surface area contributed by atoms with Gasteiger partial charge >= 0.3 is 0 Å². The van der Waals surface area contributed by atoms with E-state index < -0.39 is 0 Å². The number of imidazole rings is 1. The van der Waals surface area contributed by atoms with Crippen molar-refractivity contribution in [2.24, 2.45) is 0 Å². The molecular weight excluding hydrogens is 278 g/mol. The minimum atomic E-state index is 0.223. The first-order valence-corrected chi connectivity index (χ1v) is 8.00. The van der Waals surface area contributed by atoms with Crippen LogP contribution in [0.1, 0.15) is 12.2 Å². The summed E-state index contributed by atoms with van der Waals surface area (Å²) in [7, 11) is 2.17. The van der Waals surface area contributed by atoms with E-state index in [9.17, 15) is 0 Å². The van der Waals surface area contributed by atoms with Gasteiger partial charge in [0.2, 0.25) is 0 Å². The van der Waals surface area contributed by atoms with E-state index in [1.807, 2.05) is 0 Å². The van der Waals surface area contributed by atoms with E-state index in [0.717, 1.165) is 56.0 Å². The number of nitrogens with zero attached hydrogens (tertiary/aromatic N) is 3. The van der Waals surface area contributed by atoms with E-state index >= 15 is 0 Å². The van der Waals surface area contributed by atoms with Crippen LogP contribution in [-0.2, 0) is 6.54 Å². The van der Waals surface area contributed by atoms with Crippen molar-refractivity contribution in [2.75, 3.05) is 51.3 Å². The molecule has 1 aliphatic rings. The predicted molar refractivity (Wildman–Crippen MR) is 89.2 cm³/mol. The zero-order chi connectivity index (χ0) is 15.4. The average Bonchev–Trinajstić information content (AvgIpc) is 2.95. The maximum absolute atomic E-state index is 8.80. The van der Waals surface area contributed by atoms with E-state index in [-0.39, 0.29) is 6.61 Å². The lowest BCUT2D eigenvalue weighted by Gasteiger charge is -2.34. The fourth-order valence-corrected chi connectivity index (χ4v) is 2.87. The molecule has 1 fully saturated rings. The second-order valence-electron chi connectivity index (χ2n) is 5.90. The molecular formula is C16H25N5O. The first-order valence-electron chi connectivity index (χ1n) is 8.00. The van der Waals surface area contributed by atoms with Crippen LogP contribution in [0.25, 0.3) is 11.0 Å². The van der Waals surface area contributed by atoms with Gasteiger partial charge in [0.05, 0.1) is 17.7 Å². The molecule has 6 nitrogen and oxygen atoms in total. The van der Waals surface area contributed by atoms with Crippen molar-refractivity contribution < 1.29 is 5.11 Å². The van der Waals surface area contributed by atoms with Crippen molar-refractivity contribution in [1.82, 2.24) is 20.2 Å². The Labute approximate surface area is 131 Å². The van der Waals surface area contributed by atoms with Crippen LogP contribution in [0.15, 0.2) is 18.2 Å². The van der Waals surface area contributed by atoms with Crippen molar-refractivity contribution in [3.8, 4) is 0 Å². The summed E-state index contributed by atoms with van der Waals surface area (Å²) in [5.41, 5.74) is 3.38. The van der Waals surface area contributed by atoms with E-state index in [1.54, 1.807) is 0 Å². The molecule has 0 spiro atoms. The average molecular weight is 303 g/mol. The number of aromatic nitrogens is 2. The lowest BCUT2D eigenvalue weighted by atomic mass is 10.2. The summed E-state index contributed by atoms with van der Waals surface area (Å²) in [6.45, 7) is 6.02. The van der Waals surface area contributed by atoms with Crippen LogP contribution in [-0.4, -0.2) is 66.4 Å². The summed E-state index contributed by atoms with van der Waals surface area (Å²) < 4.78 is 0. The zero-order valence-corrected chi connectivity index (χ0v) is 13.2. The smallest absolute Gasteiger partial charge is 0.121 e. The number of aliphatic hydroxyl groups excluding tert-OH is 1. The van der Waals surface area contributed by atoms with Crippen LogP contribution in [0.3, 0.4) is 0 Å². The number of aromatic amines is 1. The van der Waals surface area contributed by atoms with E-state index in [1.165, 1.54) is 5.69 Å². The molecule has 1 aromatic heterocycles. The Morgan fingerprint density at radius 1 is 1.27 bits per heavy atom. The van der Waals surface area contributed by atoms with Crippen LogP contribution in [0.5, 0.6) is 0 Å². The van der Waals surface area contributed by atoms with E-state index in [4.69, 9.17) is 10.1 Å². The molecule has 3 N–H and O–H groups in total. The van der Waals surface area contributed by atoms with Crippen molar-refractivity contribution in [3.05, 3.63) is 24.0 Å². The van der Waals surface area contributed by atoms with Crippen molar-refractivity contribution in [1.29, 1.82) is 0 Å². The number of piperazine rings is 1. The Kier molecular flexibility index (Phi) is 4.92. The fourth-order valence-electron chi connectivity index (χ4n) is 2.87. The lowest BCUT2D eigenvalue weighted by molar-refractivity contribution is 0.286. The number of H-pyrrole nitrogens is 1. The second-order valence-corrected chi connectivity index (χ2v) is 5.90. The highest BCUT2D eigenvalue weighted by Gasteiger charge is 2.17. The molecule has 1 saturated heterocycles. The molecule has 0 amide bonds. The number of anilines is 1. The SMILES string of the molecule is CN1CCN(c2cccc3[nH]c(CNCCCO)nc23)CC1. The van der Waals surface area contributed by atoms with Gasteiger partial charge in [-0.3, -0.25) is 0 Å². The molecule has 0 atom stereocenters. The number of rotatable bonds is 6. The van der Waals surface area contributed by atoms with Crippen LogP contribution >= 0.6 is 0 Å². The summed E-state index contributed by atoms with van der Waals surface area (Å²) in [4.78, 5) is 12.9. The quantitative estimate of drug-likeness (QED) is 0.688. The number of fused-ring (bicyclic) bond motifs is 1. The molecule has 1 aliphatic heterocycles. The van der Waals surface area contributed by atoms with Crippen molar-refractivity contribution in [2.45, 2.75) is 13.0 Å². The third-order valence-electron chi connectivity index (χ3n) is 4.19. The molecule has 6 heteroatoms.